The summed E-state index contributed by atoms with van der Waals surface area (Å²) in [7, 11) is 9.34. The zero-order valence-electron chi connectivity index (χ0n) is 15.6. The van der Waals surface area contributed by atoms with Crippen LogP contribution in [-0.4, -0.2) is 14.4 Å². The normalized spacial score (nSPS) is 10.9. The van der Waals surface area contributed by atoms with Gasteiger partial charge in [0, 0.05) is 23.8 Å². The molecule has 2 aromatic carbocycles. The Morgan fingerprint density at radius 2 is 1.63 bits per heavy atom. The van der Waals surface area contributed by atoms with Gasteiger partial charge in [0.25, 0.3) is 0 Å². The third-order valence-corrected chi connectivity index (χ3v) is 5.08. The van der Waals surface area contributed by atoms with Crippen LogP contribution >= 0.6 is 31.8 Å². The minimum absolute atomic E-state index is 0.466. The summed E-state index contributed by atoms with van der Waals surface area (Å²) in [5.74, 6) is 0.466. The molecule has 3 aromatic heterocycles. The van der Waals surface area contributed by atoms with Crippen LogP contribution < -0.4 is 0 Å². The third kappa shape index (κ3) is 4.34. The molecule has 0 N–H and O–H groups in total. The summed E-state index contributed by atoms with van der Waals surface area (Å²) in [6.45, 7) is 0. The van der Waals surface area contributed by atoms with E-state index in [1.54, 1.807) is 6.20 Å². The van der Waals surface area contributed by atoms with Crippen LogP contribution in [-0.2, 0) is 19.0 Å². The van der Waals surface area contributed by atoms with Gasteiger partial charge in [-0.1, -0.05) is 42.5 Å². The van der Waals surface area contributed by atoms with Crippen molar-refractivity contribution in [1.29, 1.82) is 0 Å². The average Bonchev–Trinajstić information content (AvgIpc) is 3.18. The molecule has 0 bridgehead atoms. The molecule has 3 nitrogen and oxygen atoms in total. The fourth-order valence-corrected chi connectivity index (χ4v) is 3.63. The first-order valence-corrected chi connectivity index (χ1v) is 12.2. The predicted molar refractivity (Wildman–Crippen MR) is 123 cm³/mol. The van der Waals surface area contributed by atoms with E-state index >= 15 is 0 Å². The standard InChI is InChI=1S/C23H16ClN3.2ClH.Cu/c24-15-16-10-12-27-21(13-16)26-22(20-7-3-4-11-25-20)23(27)19-9-8-17-5-1-2-6-18(17)14-19;;;/h1-14H,15H2;2*1H;/q;;;+2/p-2. The SMILES string of the molecule is ClCc1ccn2c(-c3ccc4ccccc4c3)c(-c3ccccn3)nc2c1.[Cl][Cu][Cl]. The zero-order valence-corrected chi connectivity index (χ0v) is 18.8. The Hall–Kier alpha value is -2.07. The van der Waals surface area contributed by atoms with Gasteiger partial charge in [0.05, 0.1) is 11.4 Å². The van der Waals surface area contributed by atoms with Gasteiger partial charge >= 0.3 is 33.3 Å². The Bertz CT molecular complexity index is 1290. The van der Waals surface area contributed by atoms with Gasteiger partial charge in [-0.25, -0.2) is 4.98 Å². The molecule has 0 amide bonds. The van der Waals surface area contributed by atoms with Crippen molar-refractivity contribution in [2.75, 3.05) is 0 Å². The zero-order chi connectivity index (χ0) is 20.9. The van der Waals surface area contributed by atoms with Crippen molar-refractivity contribution in [3.8, 4) is 22.6 Å². The molecule has 30 heavy (non-hydrogen) atoms. The van der Waals surface area contributed by atoms with Gasteiger partial charge in [0.1, 0.15) is 11.3 Å². The number of rotatable bonds is 3. The molecule has 5 aromatic rings. The van der Waals surface area contributed by atoms with Crippen LogP contribution in [0.25, 0.3) is 39.1 Å². The van der Waals surface area contributed by atoms with Crippen molar-refractivity contribution in [1.82, 2.24) is 14.4 Å². The summed E-state index contributed by atoms with van der Waals surface area (Å²) in [4.78, 5) is 9.42. The maximum absolute atomic E-state index is 6.02. The number of hydrogen-bond donors (Lipinski definition) is 0. The van der Waals surface area contributed by atoms with Gasteiger partial charge in [0.2, 0.25) is 0 Å². The molecule has 155 valence electrons. The molecule has 0 fully saturated rings. The second-order valence-electron chi connectivity index (χ2n) is 6.53. The number of aromatic nitrogens is 3. The fourth-order valence-electron chi connectivity index (χ4n) is 3.46. The summed E-state index contributed by atoms with van der Waals surface area (Å²) in [5, 5.41) is 2.42. The number of pyridine rings is 2. The summed E-state index contributed by atoms with van der Waals surface area (Å²) < 4.78 is 2.12. The monoisotopic (exact) mass is 502 g/mol. The number of benzene rings is 2. The van der Waals surface area contributed by atoms with E-state index in [-0.39, 0.29) is 0 Å². The molecule has 0 atom stereocenters. The Morgan fingerprint density at radius 3 is 2.37 bits per heavy atom. The average molecular weight is 504 g/mol. The van der Waals surface area contributed by atoms with Gasteiger partial charge in [0.15, 0.2) is 0 Å². The molecule has 0 saturated carbocycles. The van der Waals surface area contributed by atoms with E-state index in [4.69, 9.17) is 16.6 Å². The topological polar surface area (TPSA) is 30.2 Å². The summed E-state index contributed by atoms with van der Waals surface area (Å²) >= 11 is 6.78. The second-order valence-corrected chi connectivity index (χ2v) is 8.35. The molecule has 0 aliphatic carbocycles. The molecule has 0 aliphatic heterocycles. The number of halogens is 3. The van der Waals surface area contributed by atoms with Crippen LogP contribution in [0.3, 0.4) is 0 Å². The molecule has 7 heteroatoms. The summed E-state index contributed by atoms with van der Waals surface area (Å²) in [5.41, 5.74) is 5.80. The van der Waals surface area contributed by atoms with E-state index in [0.29, 0.717) is 5.88 Å². The Kier molecular flexibility index (Phi) is 6.93. The number of fused-ring (bicyclic) bond motifs is 2. The maximum atomic E-state index is 6.02. The van der Waals surface area contributed by atoms with Gasteiger partial charge in [-0.2, -0.15) is 0 Å². The van der Waals surface area contributed by atoms with Gasteiger partial charge in [-0.15, -0.1) is 11.6 Å². The first-order chi connectivity index (χ1) is 14.7. The first-order valence-electron chi connectivity index (χ1n) is 9.04. The molecule has 3 heterocycles. The quantitative estimate of drug-likeness (QED) is 0.190. The predicted octanol–water partition coefficient (Wildman–Crippen LogP) is 7.33. The van der Waals surface area contributed by atoms with Crippen LogP contribution in [0, 0.1) is 0 Å². The van der Waals surface area contributed by atoms with Crippen LogP contribution in [0.15, 0.2) is 85.2 Å². The van der Waals surface area contributed by atoms with Crippen LogP contribution in [0.4, 0.5) is 0 Å². The molecule has 0 unspecified atom stereocenters. The van der Waals surface area contributed by atoms with Crippen LogP contribution in [0.2, 0.25) is 0 Å². The molecule has 5 rings (SSSR count). The Labute approximate surface area is 194 Å². The third-order valence-electron chi connectivity index (χ3n) is 4.78. The molecular formula is C23H16Cl3CuN3. The molecule has 0 spiro atoms. The van der Waals surface area contributed by atoms with Gasteiger partial charge in [-0.05, 0) is 46.7 Å². The summed E-state index contributed by atoms with van der Waals surface area (Å²) in [6.07, 6.45) is 3.84. The molecule has 0 aliphatic rings. The van der Waals surface area contributed by atoms with E-state index in [2.05, 4.69) is 72.0 Å². The van der Waals surface area contributed by atoms with E-state index < -0.39 is 0 Å². The molecular weight excluding hydrogens is 488 g/mol. The number of imidazole rings is 1. The fraction of sp³-hybridized carbons (Fsp3) is 0.0435. The van der Waals surface area contributed by atoms with Crippen LogP contribution in [0.1, 0.15) is 5.56 Å². The summed E-state index contributed by atoms with van der Waals surface area (Å²) in [6, 6.07) is 24.9. The van der Waals surface area contributed by atoms with E-state index in [1.165, 1.54) is 10.8 Å². The van der Waals surface area contributed by atoms with E-state index in [9.17, 15) is 0 Å². The number of nitrogens with zero attached hydrogens (tertiary/aromatic N) is 3. The Balaban J connectivity index is 0.000000687. The van der Waals surface area contributed by atoms with Crippen molar-refractivity contribution < 1.29 is 13.1 Å². The van der Waals surface area contributed by atoms with E-state index in [0.717, 1.165) is 47.0 Å². The van der Waals surface area contributed by atoms with Gasteiger partial charge < -0.3 is 0 Å². The van der Waals surface area contributed by atoms with Crippen molar-refractivity contribution in [3.63, 3.8) is 0 Å². The molecule has 0 saturated heterocycles. The van der Waals surface area contributed by atoms with Crippen molar-refractivity contribution >= 4 is 48.2 Å². The number of hydrogen-bond acceptors (Lipinski definition) is 2. The van der Waals surface area contributed by atoms with E-state index in [1.807, 2.05) is 36.5 Å². The Morgan fingerprint density at radius 1 is 0.867 bits per heavy atom. The first kappa shape index (κ1) is 21.2. The minimum atomic E-state index is 0.466. The number of alkyl halides is 1. The van der Waals surface area contributed by atoms with Gasteiger partial charge in [-0.3, -0.25) is 9.38 Å². The van der Waals surface area contributed by atoms with Crippen LogP contribution in [0.5, 0.6) is 0 Å². The van der Waals surface area contributed by atoms with Crippen molar-refractivity contribution in [2.24, 2.45) is 0 Å². The second kappa shape index (κ2) is 9.82. The van der Waals surface area contributed by atoms with Crippen molar-refractivity contribution in [3.05, 3.63) is 90.8 Å². The van der Waals surface area contributed by atoms with Crippen molar-refractivity contribution in [2.45, 2.75) is 5.88 Å². The molecule has 0 radical (unpaired) electrons.